The molecule has 0 aromatic carbocycles. The smallest absolute Gasteiger partial charge is 0.0306 e. The van der Waals surface area contributed by atoms with Crippen molar-refractivity contribution in [3.8, 4) is 0 Å². The maximum absolute atomic E-state index is 6.00. The van der Waals surface area contributed by atoms with Gasteiger partial charge in [-0.1, -0.05) is 32.8 Å². The molecule has 1 fully saturated rings. The first-order valence-corrected chi connectivity index (χ1v) is 6.31. The maximum atomic E-state index is 6.00. The second-order valence-electron chi connectivity index (χ2n) is 5.29. The van der Waals surface area contributed by atoms with Crippen LogP contribution in [-0.4, -0.2) is 11.5 Å². The van der Waals surface area contributed by atoms with Crippen molar-refractivity contribution in [1.82, 2.24) is 4.98 Å². The van der Waals surface area contributed by atoms with E-state index in [4.69, 9.17) is 5.73 Å². The fourth-order valence-electron chi connectivity index (χ4n) is 3.28. The molecule has 0 amide bonds. The summed E-state index contributed by atoms with van der Waals surface area (Å²) < 4.78 is 0. The lowest BCUT2D eigenvalue weighted by molar-refractivity contribution is 0.0181. The van der Waals surface area contributed by atoms with Gasteiger partial charge in [-0.2, -0.15) is 0 Å². The minimum Gasteiger partial charge on any atom is -0.330 e. The Balaban J connectivity index is 2.20. The zero-order chi connectivity index (χ0) is 11.6. The number of rotatable bonds is 4. The van der Waals surface area contributed by atoms with Crippen molar-refractivity contribution in [3.63, 3.8) is 0 Å². The molecule has 0 atom stereocenters. The van der Waals surface area contributed by atoms with E-state index < -0.39 is 0 Å². The molecule has 1 saturated carbocycles. The highest BCUT2D eigenvalue weighted by Gasteiger charge is 2.52. The van der Waals surface area contributed by atoms with E-state index >= 15 is 0 Å². The predicted molar refractivity (Wildman–Crippen MR) is 67.2 cm³/mol. The molecule has 1 aromatic heterocycles. The van der Waals surface area contributed by atoms with E-state index in [0.717, 1.165) is 6.54 Å². The number of nitrogens with two attached hydrogens (primary N) is 1. The van der Waals surface area contributed by atoms with Gasteiger partial charge in [0, 0.05) is 24.4 Å². The lowest BCUT2D eigenvalue weighted by atomic mass is 9.49. The van der Waals surface area contributed by atoms with Gasteiger partial charge in [-0.25, -0.2) is 0 Å². The second kappa shape index (κ2) is 4.17. The zero-order valence-electron chi connectivity index (χ0n) is 10.4. The first-order chi connectivity index (χ1) is 7.70. The molecular weight excluding hydrogens is 196 g/mol. The number of aromatic nitrogens is 1. The Morgan fingerprint density at radius 3 is 2.44 bits per heavy atom. The standard InChI is InChI=1S/C14H22N2/c1-3-13(4-2)9-14(10-13,11-15)12-6-5-7-16-8-12/h5-8H,3-4,9-11,15H2,1-2H3. The van der Waals surface area contributed by atoms with Crippen LogP contribution in [0.3, 0.4) is 0 Å². The van der Waals surface area contributed by atoms with E-state index in [0.29, 0.717) is 5.41 Å². The lowest BCUT2D eigenvalue weighted by Crippen LogP contribution is -2.53. The summed E-state index contributed by atoms with van der Waals surface area (Å²) in [6, 6.07) is 4.19. The SMILES string of the molecule is CCC1(CC)CC(CN)(c2cccnc2)C1. The van der Waals surface area contributed by atoms with Crippen LogP contribution in [0.4, 0.5) is 0 Å². The van der Waals surface area contributed by atoms with Crippen molar-refractivity contribution in [1.29, 1.82) is 0 Å². The van der Waals surface area contributed by atoms with Crippen LogP contribution >= 0.6 is 0 Å². The Kier molecular flexibility index (Phi) is 3.02. The van der Waals surface area contributed by atoms with E-state index in [9.17, 15) is 0 Å². The Bertz CT molecular complexity index is 333. The molecule has 88 valence electrons. The van der Waals surface area contributed by atoms with E-state index in [2.05, 4.69) is 24.9 Å². The van der Waals surface area contributed by atoms with Gasteiger partial charge >= 0.3 is 0 Å². The van der Waals surface area contributed by atoms with Crippen molar-refractivity contribution in [3.05, 3.63) is 30.1 Å². The van der Waals surface area contributed by atoms with Crippen molar-refractivity contribution in [2.24, 2.45) is 11.1 Å². The molecule has 1 aliphatic carbocycles. The van der Waals surface area contributed by atoms with Gasteiger partial charge in [-0.05, 0) is 29.9 Å². The highest BCUT2D eigenvalue weighted by Crippen LogP contribution is 2.58. The molecule has 2 heteroatoms. The summed E-state index contributed by atoms with van der Waals surface area (Å²) in [6.45, 7) is 5.35. The Hall–Kier alpha value is -0.890. The Morgan fingerprint density at radius 1 is 1.31 bits per heavy atom. The third kappa shape index (κ3) is 1.65. The summed E-state index contributed by atoms with van der Waals surface area (Å²) >= 11 is 0. The first kappa shape index (κ1) is 11.6. The van der Waals surface area contributed by atoms with Crippen LogP contribution < -0.4 is 5.73 Å². The van der Waals surface area contributed by atoms with Gasteiger partial charge in [0.1, 0.15) is 0 Å². The van der Waals surface area contributed by atoms with Crippen LogP contribution in [0.15, 0.2) is 24.5 Å². The van der Waals surface area contributed by atoms with Crippen LogP contribution in [0.1, 0.15) is 45.1 Å². The van der Waals surface area contributed by atoms with Gasteiger partial charge in [0.15, 0.2) is 0 Å². The average Bonchev–Trinajstić information content (AvgIpc) is 2.31. The fraction of sp³-hybridized carbons (Fsp3) is 0.643. The van der Waals surface area contributed by atoms with E-state index in [-0.39, 0.29) is 5.41 Å². The molecule has 1 aliphatic rings. The Labute approximate surface area is 98.3 Å². The number of nitrogens with zero attached hydrogens (tertiary/aromatic N) is 1. The molecule has 0 bridgehead atoms. The summed E-state index contributed by atoms with van der Waals surface area (Å²) in [5.74, 6) is 0. The molecule has 2 nitrogen and oxygen atoms in total. The molecule has 0 radical (unpaired) electrons. The highest BCUT2D eigenvalue weighted by molar-refractivity contribution is 5.28. The van der Waals surface area contributed by atoms with Crippen LogP contribution in [0.25, 0.3) is 0 Å². The molecule has 0 unspecified atom stereocenters. The number of pyridine rings is 1. The summed E-state index contributed by atoms with van der Waals surface area (Å²) in [4.78, 5) is 4.22. The molecule has 1 aromatic rings. The summed E-state index contributed by atoms with van der Waals surface area (Å²) in [5.41, 5.74) is 8.08. The van der Waals surface area contributed by atoms with Gasteiger partial charge in [-0.3, -0.25) is 4.98 Å². The molecule has 16 heavy (non-hydrogen) atoms. The Morgan fingerprint density at radius 2 is 2.00 bits per heavy atom. The van der Waals surface area contributed by atoms with Crippen LogP contribution in [0.2, 0.25) is 0 Å². The monoisotopic (exact) mass is 218 g/mol. The molecule has 2 N–H and O–H groups in total. The number of hydrogen-bond donors (Lipinski definition) is 1. The van der Waals surface area contributed by atoms with Crippen molar-refractivity contribution in [2.75, 3.05) is 6.54 Å². The normalized spacial score (nSPS) is 21.4. The van der Waals surface area contributed by atoms with Gasteiger partial charge in [0.2, 0.25) is 0 Å². The lowest BCUT2D eigenvalue weighted by Gasteiger charge is -2.56. The molecule has 1 heterocycles. The highest BCUT2D eigenvalue weighted by atomic mass is 14.7. The topological polar surface area (TPSA) is 38.9 Å². The second-order valence-corrected chi connectivity index (χ2v) is 5.29. The van der Waals surface area contributed by atoms with Crippen LogP contribution in [-0.2, 0) is 5.41 Å². The van der Waals surface area contributed by atoms with E-state index in [1.54, 1.807) is 0 Å². The van der Waals surface area contributed by atoms with E-state index in [1.807, 2.05) is 18.5 Å². The largest absolute Gasteiger partial charge is 0.330 e. The van der Waals surface area contributed by atoms with Gasteiger partial charge in [-0.15, -0.1) is 0 Å². The summed E-state index contributed by atoms with van der Waals surface area (Å²) in [6.07, 6.45) is 8.82. The third-order valence-electron chi connectivity index (χ3n) is 4.59. The van der Waals surface area contributed by atoms with Crippen molar-refractivity contribution in [2.45, 2.75) is 44.9 Å². The first-order valence-electron chi connectivity index (χ1n) is 6.31. The van der Waals surface area contributed by atoms with Gasteiger partial charge in [0.05, 0.1) is 0 Å². The summed E-state index contributed by atoms with van der Waals surface area (Å²) in [5, 5.41) is 0. The van der Waals surface area contributed by atoms with Crippen LogP contribution in [0.5, 0.6) is 0 Å². The molecule has 0 aliphatic heterocycles. The average molecular weight is 218 g/mol. The van der Waals surface area contributed by atoms with Gasteiger partial charge in [0.25, 0.3) is 0 Å². The van der Waals surface area contributed by atoms with Crippen molar-refractivity contribution >= 4 is 0 Å². The van der Waals surface area contributed by atoms with Crippen molar-refractivity contribution < 1.29 is 0 Å². The predicted octanol–water partition coefficient (Wildman–Crippen LogP) is 2.88. The molecule has 0 saturated heterocycles. The zero-order valence-corrected chi connectivity index (χ0v) is 10.4. The minimum absolute atomic E-state index is 0.209. The summed E-state index contributed by atoms with van der Waals surface area (Å²) in [7, 11) is 0. The molecular formula is C14H22N2. The number of hydrogen-bond acceptors (Lipinski definition) is 2. The fourth-order valence-corrected chi connectivity index (χ4v) is 3.28. The molecule has 0 spiro atoms. The van der Waals surface area contributed by atoms with E-state index in [1.165, 1.54) is 31.2 Å². The van der Waals surface area contributed by atoms with Gasteiger partial charge < -0.3 is 5.73 Å². The quantitative estimate of drug-likeness (QED) is 0.844. The minimum atomic E-state index is 0.209. The maximum Gasteiger partial charge on any atom is 0.0306 e. The molecule has 2 rings (SSSR count). The third-order valence-corrected chi connectivity index (χ3v) is 4.59. The van der Waals surface area contributed by atoms with Crippen LogP contribution in [0, 0.1) is 5.41 Å².